The van der Waals surface area contributed by atoms with Crippen LogP contribution in [0.25, 0.3) is 0 Å². The number of methoxy groups -OCH3 is 1. The molecule has 1 saturated heterocycles. The largest absolute Gasteiger partial charge is 0.468 e. The van der Waals surface area contributed by atoms with Gasteiger partial charge in [-0.2, -0.15) is 0 Å². The topological polar surface area (TPSA) is 55.9 Å². The molecule has 5 rings (SSSR count). The minimum absolute atomic E-state index is 0.0897. The van der Waals surface area contributed by atoms with Crippen LogP contribution in [0.5, 0.6) is 0 Å². The van der Waals surface area contributed by atoms with Crippen LogP contribution >= 0.6 is 0 Å². The predicted octanol–water partition coefficient (Wildman–Crippen LogP) is 6.99. The van der Waals surface area contributed by atoms with Crippen LogP contribution < -0.4 is 0 Å². The van der Waals surface area contributed by atoms with Gasteiger partial charge < -0.3 is 9.47 Å². The van der Waals surface area contributed by atoms with Gasteiger partial charge in [-0.05, 0) is 74.0 Å². The third kappa shape index (κ3) is 3.01. The summed E-state index contributed by atoms with van der Waals surface area (Å²) >= 11 is 0. The number of esters is 1. The number of carbonyl (C=O) groups is 2. The summed E-state index contributed by atoms with van der Waals surface area (Å²) < 4.78 is 12.3. The van der Waals surface area contributed by atoms with E-state index >= 15 is 0 Å². The molecule has 35 heavy (non-hydrogen) atoms. The standard InChI is InChI=1S/C31H50O4/c1-19(2)10-9-11-20(3)23-12-14-29(7)27(23,5)16-17-30-28(6)18-22(26(33)34-8)25(32)21(4)24(28)13-15-31(29,30)35-30/h19-24H,9-18H2,1-8H3/t20-,21-,22+,23+,24-,27+,28-,29+,30-,31-/m0/s1. The van der Waals surface area contributed by atoms with Crippen molar-refractivity contribution in [2.75, 3.05) is 7.11 Å². The fourth-order valence-corrected chi connectivity index (χ4v) is 10.9. The Morgan fingerprint density at radius 3 is 2.37 bits per heavy atom. The second-order valence-electron chi connectivity index (χ2n) is 14.5. The number of rotatable bonds is 6. The highest BCUT2D eigenvalue weighted by molar-refractivity contribution is 6.01. The van der Waals surface area contributed by atoms with E-state index in [2.05, 4.69) is 48.5 Å². The smallest absolute Gasteiger partial charge is 0.316 e. The number of Topliss-reactive ketones (excluding diaryl/α,β-unsaturated/α-hetero) is 1. The molecule has 0 aromatic carbocycles. The molecule has 0 unspecified atom stereocenters. The van der Waals surface area contributed by atoms with E-state index in [4.69, 9.17) is 9.47 Å². The molecule has 0 radical (unpaired) electrons. The fraction of sp³-hybridized carbons (Fsp3) is 0.935. The minimum atomic E-state index is -0.635. The molecule has 0 N–H and O–H groups in total. The van der Waals surface area contributed by atoms with Gasteiger partial charge in [-0.25, -0.2) is 0 Å². The zero-order chi connectivity index (χ0) is 25.6. The van der Waals surface area contributed by atoms with Crippen LogP contribution in [-0.2, 0) is 19.1 Å². The maximum Gasteiger partial charge on any atom is 0.316 e. The number of ketones is 1. The summed E-state index contributed by atoms with van der Waals surface area (Å²) in [5.74, 6) is 1.60. The summed E-state index contributed by atoms with van der Waals surface area (Å²) in [6, 6.07) is 0. The molecule has 5 fully saturated rings. The maximum atomic E-state index is 13.2. The van der Waals surface area contributed by atoms with E-state index < -0.39 is 5.92 Å². The molecular formula is C31H50O4. The first-order valence-corrected chi connectivity index (χ1v) is 14.7. The van der Waals surface area contributed by atoms with Crippen molar-refractivity contribution in [1.82, 2.24) is 0 Å². The Kier molecular flexibility index (Phi) is 5.92. The van der Waals surface area contributed by atoms with Crippen molar-refractivity contribution < 1.29 is 19.1 Å². The highest BCUT2D eigenvalue weighted by atomic mass is 16.6. The highest BCUT2D eigenvalue weighted by Gasteiger charge is 2.90. The first-order chi connectivity index (χ1) is 16.3. The molecule has 5 aliphatic rings. The summed E-state index contributed by atoms with van der Waals surface area (Å²) in [6.07, 6.45) is 11.6. The van der Waals surface area contributed by atoms with Crippen molar-refractivity contribution in [3.05, 3.63) is 0 Å². The molecule has 0 amide bonds. The van der Waals surface area contributed by atoms with Gasteiger partial charge in [-0.1, -0.05) is 67.7 Å². The molecule has 1 heterocycles. The predicted molar refractivity (Wildman–Crippen MR) is 138 cm³/mol. The summed E-state index contributed by atoms with van der Waals surface area (Å²) in [4.78, 5) is 25.9. The SMILES string of the molecule is COC(=O)[C@@H]1C[C@@]2(C)[C@@H](CC[C@@]34O[C@]32CC[C@]2(C)[C@@H]([C@@H](C)CCCC(C)C)CC[C@@]42C)[C@H](C)C1=O. The highest BCUT2D eigenvalue weighted by Crippen LogP contribution is 2.85. The molecule has 198 valence electrons. The molecule has 4 saturated carbocycles. The molecule has 1 aliphatic heterocycles. The van der Waals surface area contributed by atoms with Crippen LogP contribution in [0.4, 0.5) is 0 Å². The van der Waals surface area contributed by atoms with Crippen molar-refractivity contribution in [3.8, 4) is 0 Å². The van der Waals surface area contributed by atoms with Crippen LogP contribution in [-0.4, -0.2) is 30.1 Å². The van der Waals surface area contributed by atoms with Gasteiger partial charge in [-0.15, -0.1) is 0 Å². The Balaban J connectivity index is 1.45. The van der Waals surface area contributed by atoms with Gasteiger partial charge in [0.05, 0.1) is 7.11 Å². The second-order valence-corrected chi connectivity index (χ2v) is 14.5. The molecular weight excluding hydrogens is 436 g/mol. The van der Waals surface area contributed by atoms with Gasteiger partial charge in [0.1, 0.15) is 22.9 Å². The first-order valence-electron chi connectivity index (χ1n) is 14.7. The van der Waals surface area contributed by atoms with Crippen LogP contribution in [0.3, 0.4) is 0 Å². The number of fused-ring (bicyclic) bond motifs is 2. The van der Waals surface area contributed by atoms with E-state index in [9.17, 15) is 9.59 Å². The van der Waals surface area contributed by atoms with Crippen LogP contribution in [0.1, 0.15) is 113 Å². The van der Waals surface area contributed by atoms with Gasteiger partial charge in [0.2, 0.25) is 0 Å². The number of carbonyl (C=O) groups excluding carboxylic acids is 2. The zero-order valence-corrected chi connectivity index (χ0v) is 23.7. The van der Waals surface area contributed by atoms with E-state index in [0.29, 0.717) is 17.8 Å². The first kappa shape index (κ1) is 25.7. The molecule has 4 aliphatic carbocycles. The van der Waals surface area contributed by atoms with Gasteiger partial charge >= 0.3 is 5.97 Å². The van der Waals surface area contributed by atoms with E-state index in [-0.39, 0.29) is 39.7 Å². The third-order valence-electron chi connectivity index (χ3n) is 13.1. The summed E-state index contributed by atoms with van der Waals surface area (Å²) in [5.41, 5.74) is 0.0301. The van der Waals surface area contributed by atoms with Gasteiger partial charge in [-0.3, -0.25) is 9.59 Å². The van der Waals surface area contributed by atoms with Crippen molar-refractivity contribution in [2.24, 2.45) is 51.8 Å². The minimum Gasteiger partial charge on any atom is -0.468 e. The van der Waals surface area contributed by atoms with E-state index in [1.807, 2.05) is 0 Å². The van der Waals surface area contributed by atoms with E-state index in [1.165, 1.54) is 45.6 Å². The lowest BCUT2D eigenvalue weighted by atomic mass is 9.39. The Bertz CT molecular complexity index is 896. The molecule has 10 atom stereocenters. The van der Waals surface area contributed by atoms with Crippen LogP contribution in [0, 0.1) is 51.8 Å². The van der Waals surface area contributed by atoms with Gasteiger partial charge in [0.15, 0.2) is 0 Å². The Morgan fingerprint density at radius 2 is 1.71 bits per heavy atom. The molecule has 0 aromatic rings. The quantitative estimate of drug-likeness (QED) is 0.231. The zero-order valence-electron chi connectivity index (χ0n) is 23.7. The number of hydrogen-bond acceptors (Lipinski definition) is 4. The number of hydrogen-bond donors (Lipinski definition) is 0. The van der Waals surface area contributed by atoms with Crippen molar-refractivity contribution in [3.63, 3.8) is 0 Å². The molecule has 0 bridgehead atoms. The molecule has 4 heteroatoms. The second kappa shape index (κ2) is 8.05. The van der Waals surface area contributed by atoms with Crippen molar-refractivity contribution in [2.45, 2.75) is 124 Å². The molecule has 4 nitrogen and oxygen atoms in total. The molecule has 0 aromatic heterocycles. The van der Waals surface area contributed by atoms with E-state index in [1.54, 1.807) is 0 Å². The fourth-order valence-electron chi connectivity index (χ4n) is 10.9. The Morgan fingerprint density at radius 1 is 1.00 bits per heavy atom. The lowest BCUT2D eigenvalue weighted by Gasteiger charge is -2.61. The maximum absolute atomic E-state index is 13.2. The summed E-state index contributed by atoms with van der Waals surface area (Å²) in [5, 5.41) is 0. The van der Waals surface area contributed by atoms with E-state index in [0.717, 1.165) is 37.0 Å². The number of epoxide rings is 1. The van der Waals surface area contributed by atoms with Crippen LogP contribution in [0.2, 0.25) is 0 Å². The Hall–Kier alpha value is -0.900. The van der Waals surface area contributed by atoms with Crippen molar-refractivity contribution in [1.29, 1.82) is 0 Å². The Labute approximate surface area is 213 Å². The van der Waals surface area contributed by atoms with Crippen molar-refractivity contribution >= 4 is 11.8 Å². The summed E-state index contributed by atoms with van der Waals surface area (Å²) in [6.45, 7) is 16.8. The monoisotopic (exact) mass is 486 g/mol. The number of ether oxygens (including phenoxy) is 2. The summed E-state index contributed by atoms with van der Waals surface area (Å²) in [7, 11) is 1.42. The molecule has 0 spiro atoms. The third-order valence-corrected chi connectivity index (χ3v) is 13.1. The average Bonchev–Trinajstić information content (AvgIpc) is 3.44. The normalized spacial score (nSPS) is 51.2. The van der Waals surface area contributed by atoms with Gasteiger partial charge in [0, 0.05) is 16.7 Å². The average molecular weight is 487 g/mol. The van der Waals surface area contributed by atoms with Crippen LogP contribution in [0.15, 0.2) is 0 Å². The lowest BCUT2D eigenvalue weighted by molar-refractivity contribution is -0.165. The van der Waals surface area contributed by atoms with Gasteiger partial charge in [0.25, 0.3) is 0 Å². The lowest BCUT2D eigenvalue weighted by Crippen LogP contribution is -2.65.